The minimum atomic E-state index is -0.384. The summed E-state index contributed by atoms with van der Waals surface area (Å²) in [6.45, 7) is 2.70. The minimum absolute atomic E-state index is 0.0212. The van der Waals surface area contributed by atoms with Crippen LogP contribution in [0.15, 0.2) is 30.5 Å². The van der Waals surface area contributed by atoms with Crippen LogP contribution in [0, 0.1) is 10.1 Å². The van der Waals surface area contributed by atoms with Gasteiger partial charge in [-0.15, -0.1) is 0 Å². The number of hydrogen-bond acceptors (Lipinski definition) is 5. The quantitative estimate of drug-likeness (QED) is 0.693. The molecule has 6 nitrogen and oxygen atoms in total. The molecule has 0 radical (unpaired) electrons. The van der Waals surface area contributed by atoms with Gasteiger partial charge in [0.25, 0.3) is 0 Å². The number of anilines is 1. The molecular formula is C15H17N3O3. The Hall–Kier alpha value is -2.21. The second kappa shape index (κ2) is 5.65. The van der Waals surface area contributed by atoms with Gasteiger partial charge in [-0.3, -0.25) is 10.1 Å². The van der Waals surface area contributed by atoms with Crippen LogP contribution >= 0.6 is 0 Å². The van der Waals surface area contributed by atoms with E-state index in [4.69, 9.17) is 4.74 Å². The lowest BCUT2D eigenvalue weighted by molar-refractivity contribution is -0.384. The van der Waals surface area contributed by atoms with Gasteiger partial charge in [0.1, 0.15) is 11.9 Å². The first-order valence-electron chi connectivity index (χ1n) is 7.05. The van der Waals surface area contributed by atoms with Crippen molar-refractivity contribution in [3.8, 4) is 0 Å². The molecule has 1 N–H and O–H groups in total. The first-order chi connectivity index (χ1) is 10.1. The lowest BCUT2D eigenvalue weighted by Gasteiger charge is -2.28. The van der Waals surface area contributed by atoms with Crippen LogP contribution in [0.4, 0.5) is 11.4 Å². The molecule has 1 fully saturated rings. The van der Waals surface area contributed by atoms with Gasteiger partial charge in [0, 0.05) is 18.0 Å². The Bertz CT molecular complexity index is 674. The van der Waals surface area contributed by atoms with E-state index >= 15 is 0 Å². The molecule has 0 amide bonds. The van der Waals surface area contributed by atoms with Crippen molar-refractivity contribution in [2.75, 3.05) is 11.9 Å². The highest BCUT2D eigenvalue weighted by Crippen LogP contribution is 2.33. The number of nitro groups is 1. The van der Waals surface area contributed by atoms with Crippen LogP contribution in [0.25, 0.3) is 10.9 Å². The number of aromatic nitrogens is 1. The number of ether oxygens (including phenoxy) is 1. The van der Waals surface area contributed by atoms with E-state index in [0.717, 1.165) is 23.7 Å². The van der Waals surface area contributed by atoms with Crippen LogP contribution in [0.2, 0.25) is 0 Å². The molecule has 2 heterocycles. The van der Waals surface area contributed by atoms with Crippen molar-refractivity contribution in [3.05, 3.63) is 40.6 Å². The van der Waals surface area contributed by atoms with Crippen LogP contribution in [0.3, 0.4) is 0 Å². The number of hydrogen-bond donors (Lipinski definition) is 1. The zero-order valence-electron chi connectivity index (χ0n) is 11.8. The number of para-hydroxylation sites is 1. The van der Waals surface area contributed by atoms with Gasteiger partial charge in [0.2, 0.25) is 0 Å². The smallest absolute Gasteiger partial charge is 0.311 e. The second-order valence-corrected chi connectivity index (χ2v) is 5.34. The molecule has 1 aromatic heterocycles. The van der Waals surface area contributed by atoms with Crippen LogP contribution < -0.4 is 5.32 Å². The van der Waals surface area contributed by atoms with Gasteiger partial charge in [-0.25, -0.2) is 4.98 Å². The summed E-state index contributed by atoms with van der Waals surface area (Å²) >= 11 is 0. The number of pyridine rings is 1. The van der Waals surface area contributed by atoms with Gasteiger partial charge < -0.3 is 10.1 Å². The van der Waals surface area contributed by atoms with Gasteiger partial charge in [-0.1, -0.05) is 18.2 Å². The Morgan fingerprint density at radius 1 is 1.43 bits per heavy atom. The molecule has 0 bridgehead atoms. The third-order valence-corrected chi connectivity index (χ3v) is 3.79. The standard InChI is InChI=1S/C15H17N3O3/c1-10-8-11(6-7-21-10)17-15-12-4-2-3-5-13(12)16-9-14(15)18(19)20/h2-5,9-11H,6-8H2,1H3,(H,16,17). The fraction of sp³-hybridized carbons (Fsp3) is 0.400. The maximum atomic E-state index is 11.3. The number of nitrogens with zero attached hydrogens (tertiary/aromatic N) is 2. The van der Waals surface area contributed by atoms with Crippen molar-refractivity contribution in [2.45, 2.75) is 31.9 Å². The Kier molecular flexibility index (Phi) is 3.70. The molecule has 2 unspecified atom stereocenters. The highest BCUT2D eigenvalue weighted by Gasteiger charge is 2.24. The van der Waals surface area contributed by atoms with Crippen molar-refractivity contribution in [1.29, 1.82) is 0 Å². The highest BCUT2D eigenvalue weighted by atomic mass is 16.6. The minimum Gasteiger partial charge on any atom is -0.378 e. The molecule has 0 spiro atoms. The van der Waals surface area contributed by atoms with E-state index < -0.39 is 0 Å². The van der Waals surface area contributed by atoms with Crippen LogP contribution in [0.1, 0.15) is 19.8 Å². The molecule has 1 aliphatic heterocycles. The molecule has 110 valence electrons. The predicted octanol–water partition coefficient (Wildman–Crippen LogP) is 3.12. The summed E-state index contributed by atoms with van der Waals surface area (Å²) in [6.07, 6.45) is 3.18. The summed E-state index contributed by atoms with van der Waals surface area (Å²) in [5.41, 5.74) is 1.34. The van der Waals surface area contributed by atoms with E-state index in [0.29, 0.717) is 12.3 Å². The summed E-state index contributed by atoms with van der Waals surface area (Å²) in [7, 11) is 0. The highest BCUT2D eigenvalue weighted by molar-refractivity contribution is 5.95. The lowest BCUT2D eigenvalue weighted by Crippen LogP contribution is -2.32. The zero-order valence-corrected chi connectivity index (χ0v) is 11.8. The van der Waals surface area contributed by atoms with Gasteiger partial charge >= 0.3 is 5.69 Å². The second-order valence-electron chi connectivity index (χ2n) is 5.34. The van der Waals surface area contributed by atoms with E-state index in [1.807, 2.05) is 31.2 Å². The summed E-state index contributed by atoms with van der Waals surface area (Å²) < 4.78 is 5.52. The maximum Gasteiger partial charge on any atom is 0.311 e. The fourth-order valence-corrected chi connectivity index (χ4v) is 2.75. The Morgan fingerprint density at radius 3 is 3.00 bits per heavy atom. The number of fused-ring (bicyclic) bond motifs is 1. The molecule has 1 saturated heterocycles. The molecular weight excluding hydrogens is 270 g/mol. The zero-order chi connectivity index (χ0) is 14.8. The maximum absolute atomic E-state index is 11.3. The average Bonchev–Trinajstić information content (AvgIpc) is 2.47. The van der Waals surface area contributed by atoms with E-state index in [1.165, 1.54) is 6.20 Å². The van der Waals surface area contributed by atoms with E-state index in [-0.39, 0.29) is 22.8 Å². The fourth-order valence-electron chi connectivity index (χ4n) is 2.75. The van der Waals surface area contributed by atoms with Gasteiger partial charge in [-0.2, -0.15) is 0 Å². The van der Waals surface area contributed by atoms with Gasteiger partial charge in [-0.05, 0) is 25.8 Å². The number of rotatable bonds is 3. The lowest BCUT2D eigenvalue weighted by atomic mass is 10.0. The van der Waals surface area contributed by atoms with Gasteiger partial charge in [0.15, 0.2) is 0 Å². The molecule has 1 aliphatic rings. The molecule has 21 heavy (non-hydrogen) atoms. The van der Waals surface area contributed by atoms with Crippen molar-refractivity contribution >= 4 is 22.3 Å². The van der Waals surface area contributed by atoms with E-state index in [1.54, 1.807) is 0 Å². The molecule has 6 heteroatoms. The third-order valence-electron chi connectivity index (χ3n) is 3.79. The number of benzene rings is 1. The molecule has 0 saturated carbocycles. The first kappa shape index (κ1) is 13.8. The Labute approximate surface area is 122 Å². The Morgan fingerprint density at radius 2 is 2.24 bits per heavy atom. The Balaban J connectivity index is 2.01. The summed E-state index contributed by atoms with van der Waals surface area (Å²) in [5.74, 6) is 0. The summed E-state index contributed by atoms with van der Waals surface area (Å²) in [5, 5.41) is 15.4. The normalized spacial score (nSPS) is 22.1. The summed E-state index contributed by atoms with van der Waals surface area (Å²) in [6, 6.07) is 7.64. The van der Waals surface area contributed by atoms with Crippen molar-refractivity contribution in [2.24, 2.45) is 0 Å². The first-order valence-corrected chi connectivity index (χ1v) is 7.05. The van der Waals surface area contributed by atoms with E-state index in [9.17, 15) is 10.1 Å². The topological polar surface area (TPSA) is 77.3 Å². The SMILES string of the molecule is CC1CC(Nc2c([N+](=O)[O-])cnc3ccccc23)CCO1. The van der Waals surface area contributed by atoms with Crippen LogP contribution in [-0.4, -0.2) is 28.7 Å². The third kappa shape index (κ3) is 2.80. The predicted molar refractivity (Wildman–Crippen MR) is 80.5 cm³/mol. The van der Waals surface area contributed by atoms with Crippen molar-refractivity contribution < 1.29 is 9.66 Å². The van der Waals surface area contributed by atoms with E-state index in [2.05, 4.69) is 10.3 Å². The van der Waals surface area contributed by atoms with Gasteiger partial charge in [0.05, 0.1) is 16.5 Å². The average molecular weight is 287 g/mol. The van der Waals surface area contributed by atoms with Crippen LogP contribution in [-0.2, 0) is 4.74 Å². The summed E-state index contributed by atoms with van der Waals surface area (Å²) in [4.78, 5) is 15.1. The molecule has 3 rings (SSSR count). The molecule has 0 aliphatic carbocycles. The largest absolute Gasteiger partial charge is 0.378 e. The molecule has 1 aromatic carbocycles. The number of nitrogens with one attached hydrogen (secondary N) is 1. The van der Waals surface area contributed by atoms with Crippen LogP contribution in [0.5, 0.6) is 0 Å². The van der Waals surface area contributed by atoms with Crippen molar-refractivity contribution in [1.82, 2.24) is 4.98 Å². The molecule has 2 aromatic rings. The van der Waals surface area contributed by atoms with Crippen molar-refractivity contribution in [3.63, 3.8) is 0 Å². The monoisotopic (exact) mass is 287 g/mol. The molecule has 2 atom stereocenters.